The highest BCUT2D eigenvalue weighted by atomic mass is 35.5. The number of benzene rings is 1. The van der Waals surface area contributed by atoms with Crippen molar-refractivity contribution >= 4 is 23.2 Å². The van der Waals surface area contributed by atoms with Crippen molar-refractivity contribution in [1.82, 2.24) is 0 Å². The molecule has 0 aliphatic heterocycles. The van der Waals surface area contributed by atoms with E-state index in [-0.39, 0.29) is 11.3 Å². The summed E-state index contributed by atoms with van der Waals surface area (Å²) >= 11 is 6.05. The fourth-order valence-electron chi connectivity index (χ4n) is 2.12. The molecule has 1 amide bonds. The fraction of sp³-hybridized carbons (Fsp3) is 0.462. The Bertz CT molecular complexity index is 436. The molecule has 3 nitrogen and oxygen atoms in total. The number of aryl methyl sites for hydroxylation is 1. The molecule has 2 rings (SSSR count). The first-order valence-corrected chi connectivity index (χ1v) is 6.23. The minimum Gasteiger partial charge on any atom is -0.329 e. The number of carbonyl (C=O) groups excluding carboxylic acids is 1. The molecule has 0 radical (unpaired) electrons. The normalized spacial score (nSPS) is 17.4. The molecule has 0 spiro atoms. The zero-order chi connectivity index (χ0) is 12.5. The van der Waals surface area contributed by atoms with Crippen molar-refractivity contribution in [2.24, 2.45) is 11.1 Å². The van der Waals surface area contributed by atoms with E-state index in [0.717, 1.165) is 24.8 Å². The highest BCUT2D eigenvalue weighted by Gasteiger charge is 2.42. The zero-order valence-electron chi connectivity index (χ0n) is 9.92. The monoisotopic (exact) mass is 252 g/mol. The van der Waals surface area contributed by atoms with Gasteiger partial charge in [0.05, 0.1) is 16.1 Å². The van der Waals surface area contributed by atoms with E-state index < -0.39 is 0 Å². The van der Waals surface area contributed by atoms with Crippen molar-refractivity contribution in [3.63, 3.8) is 0 Å². The molecule has 1 saturated carbocycles. The maximum atomic E-state index is 12.2. The summed E-state index contributed by atoms with van der Waals surface area (Å²) in [6.45, 7) is 2.37. The number of nitrogens with two attached hydrogens (primary N) is 1. The lowest BCUT2D eigenvalue weighted by Gasteiger charge is -2.39. The molecular weight excluding hydrogens is 236 g/mol. The first-order chi connectivity index (χ1) is 8.07. The minimum absolute atomic E-state index is 0.00116. The largest absolute Gasteiger partial charge is 0.329 e. The van der Waals surface area contributed by atoms with Crippen LogP contribution >= 0.6 is 11.6 Å². The molecule has 0 unspecified atom stereocenters. The second-order valence-electron chi connectivity index (χ2n) is 4.78. The van der Waals surface area contributed by atoms with Crippen molar-refractivity contribution in [3.05, 3.63) is 28.8 Å². The number of hydrogen-bond donors (Lipinski definition) is 2. The summed E-state index contributed by atoms with van der Waals surface area (Å²) in [5.74, 6) is -0.00116. The van der Waals surface area contributed by atoms with E-state index in [2.05, 4.69) is 5.32 Å². The summed E-state index contributed by atoms with van der Waals surface area (Å²) in [6, 6.07) is 5.59. The highest BCUT2D eigenvalue weighted by Crippen LogP contribution is 2.41. The van der Waals surface area contributed by atoms with Crippen LogP contribution in [0.5, 0.6) is 0 Å². The third-order valence-electron chi connectivity index (χ3n) is 3.55. The van der Waals surface area contributed by atoms with Gasteiger partial charge in [-0.05, 0) is 37.5 Å². The summed E-state index contributed by atoms with van der Waals surface area (Å²) < 4.78 is 0. The van der Waals surface area contributed by atoms with Crippen molar-refractivity contribution in [3.8, 4) is 0 Å². The van der Waals surface area contributed by atoms with Crippen LogP contribution in [0.3, 0.4) is 0 Å². The number of amides is 1. The predicted molar refractivity (Wildman–Crippen MR) is 70.2 cm³/mol. The number of hydrogen-bond acceptors (Lipinski definition) is 2. The quantitative estimate of drug-likeness (QED) is 0.869. The molecule has 1 aliphatic carbocycles. The van der Waals surface area contributed by atoms with Gasteiger partial charge in [-0.2, -0.15) is 0 Å². The van der Waals surface area contributed by atoms with Gasteiger partial charge in [-0.3, -0.25) is 4.79 Å². The van der Waals surface area contributed by atoms with Gasteiger partial charge >= 0.3 is 0 Å². The zero-order valence-corrected chi connectivity index (χ0v) is 10.7. The maximum Gasteiger partial charge on any atom is 0.231 e. The van der Waals surface area contributed by atoms with Crippen LogP contribution < -0.4 is 11.1 Å². The van der Waals surface area contributed by atoms with Gasteiger partial charge in [-0.1, -0.05) is 24.1 Å². The second-order valence-corrected chi connectivity index (χ2v) is 5.18. The fourth-order valence-corrected chi connectivity index (χ4v) is 2.28. The van der Waals surface area contributed by atoms with E-state index in [4.69, 9.17) is 17.3 Å². The molecular formula is C13H17ClN2O. The lowest BCUT2D eigenvalue weighted by molar-refractivity contribution is -0.129. The van der Waals surface area contributed by atoms with Gasteiger partial charge in [0.25, 0.3) is 0 Å². The molecule has 0 bridgehead atoms. The van der Waals surface area contributed by atoms with Crippen LogP contribution in [0.1, 0.15) is 24.8 Å². The van der Waals surface area contributed by atoms with Crippen LogP contribution in [0.2, 0.25) is 5.02 Å². The van der Waals surface area contributed by atoms with E-state index in [9.17, 15) is 4.79 Å². The Balaban J connectivity index is 2.15. The Morgan fingerprint density at radius 3 is 2.76 bits per heavy atom. The van der Waals surface area contributed by atoms with E-state index in [1.807, 2.05) is 19.1 Å². The number of halogens is 1. The summed E-state index contributed by atoms with van der Waals surface area (Å²) in [5.41, 5.74) is 7.08. The average Bonchev–Trinajstić information content (AvgIpc) is 2.23. The molecule has 0 saturated heterocycles. The molecule has 0 heterocycles. The van der Waals surface area contributed by atoms with Gasteiger partial charge in [-0.15, -0.1) is 0 Å². The van der Waals surface area contributed by atoms with Gasteiger partial charge < -0.3 is 11.1 Å². The first-order valence-electron chi connectivity index (χ1n) is 5.85. The highest BCUT2D eigenvalue weighted by molar-refractivity contribution is 6.33. The van der Waals surface area contributed by atoms with Gasteiger partial charge in [0.15, 0.2) is 0 Å². The topological polar surface area (TPSA) is 55.1 Å². The average molecular weight is 253 g/mol. The van der Waals surface area contributed by atoms with E-state index in [0.29, 0.717) is 17.3 Å². The molecule has 4 heteroatoms. The number of anilines is 1. The lowest BCUT2D eigenvalue weighted by atomic mass is 9.68. The third kappa shape index (κ3) is 2.31. The molecule has 1 aliphatic rings. The Labute approximate surface area is 106 Å². The van der Waals surface area contributed by atoms with Gasteiger partial charge in [0, 0.05) is 6.54 Å². The smallest absolute Gasteiger partial charge is 0.231 e. The van der Waals surface area contributed by atoms with E-state index in [1.54, 1.807) is 6.07 Å². The molecule has 0 aromatic heterocycles. The first kappa shape index (κ1) is 12.4. The van der Waals surface area contributed by atoms with E-state index >= 15 is 0 Å². The van der Waals surface area contributed by atoms with E-state index in [1.165, 1.54) is 0 Å². The van der Waals surface area contributed by atoms with Crippen LogP contribution in [0.4, 0.5) is 5.69 Å². The van der Waals surface area contributed by atoms with Crippen LogP contribution in [0.15, 0.2) is 18.2 Å². The van der Waals surface area contributed by atoms with Crippen molar-refractivity contribution in [1.29, 1.82) is 0 Å². The van der Waals surface area contributed by atoms with Crippen LogP contribution in [0, 0.1) is 12.3 Å². The number of carbonyl (C=O) groups is 1. The summed E-state index contributed by atoms with van der Waals surface area (Å²) in [7, 11) is 0. The summed E-state index contributed by atoms with van der Waals surface area (Å²) in [6.07, 6.45) is 2.82. The van der Waals surface area contributed by atoms with Gasteiger partial charge in [-0.25, -0.2) is 0 Å². The van der Waals surface area contributed by atoms with Crippen LogP contribution in [-0.2, 0) is 4.79 Å². The van der Waals surface area contributed by atoms with Crippen LogP contribution in [-0.4, -0.2) is 12.5 Å². The molecule has 92 valence electrons. The van der Waals surface area contributed by atoms with Crippen molar-refractivity contribution in [2.75, 3.05) is 11.9 Å². The Hall–Kier alpha value is -1.06. The SMILES string of the molecule is Cc1ccc(Cl)c(NC(=O)C2(CN)CCC2)c1. The Morgan fingerprint density at radius 2 is 2.24 bits per heavy atom. The standard InChI is InChI=1S/C13H17ClN2O/c1-9-3-4-10(14)11(7-9)16-12(17)13(8-15)5-2-6-13/h3-4,7H,2,5-6,8,15H2,1H3,(H,16,17). The Kier molecular flexibility index (Phi) is 3.40. The Morgan fingerprint density at radius 1 is 1.53 bits per heavy atom. The lowest BCUT2D eigenvalue weighted by Crippen LogP contribution is -2.47. The summed E-state index contributed by atoms with van der Waals surface area (Å²) in [5, 5.41) is 3.46. The van der Waals surface area contributed by atoms with Crippen LogP contribution in [0.25, 0.3) is 0 Å². The number of nitrogens with one attached hydrogen (secondary N) is 1. The van der Waals surface area contributed by atoms with Crippen molar-refractivity contribution < 1.29 is 4.79 Å². The molecule has 3 N–H and O–H groups in total. The molecule has 0 atom stereocenters. The number of rotatable bonds is 3. The molecule has 1 aromatic rings. The van der Waals surface area contributed by atoms with Gasteiger partial charge in [0.1, 0.15) is 0 Å². The predicted octanol–water partition coefficient (Wildman–Crippen LogP) is 2.72. The summed E-state index contributed by atoms with van der Waals surface area (Å²) in [4.78, 5) is 12.2. The minimum atomic E-state index is -0.368. The molecule has 17 heavy (non-hydrogen) atoms. The maximum absolute atomic E-state index is 12.2. The van der Waals surface area contributed by atoms with Crippen molar-refractivity contribution in [2.45, 2.75) is 26.2 Å². The molecule has 1 fully saturated rings. The van der Waals surface area contributed by atoms with Gasteiger partial charge in [0.2, 0.25) is 5.91 Å². The second kappa shape index (κ2) is 4.67. The third-order valence-corrected chi connectivity index (χ3v) is 3.88. The molecule has 1 aromatic carbocycles.